The molecule has 2 rings (SSSR count). The van der Waals surface area contributed by atoms with Crippen LogP contribution in [-0.2, 0) is 6.42 Å². The van der Waals surface area contributed by atoms with Gasteiger partial charge in [0.2, 0.25) is 0 Å². The van der Waals surface area contributed by atoms with Crippen molar-refractivity contribution in [2.75, 3.05) is 0 Å². The predicted octanol–water partition coefficient (Wildman–Crippen LogP) is 4.11. The number of benzene rings is 1. The Morgan fingerprint density at radius 2 is 2.06 bits per heavy atom. The van der Waals surface area contributed by atoms with Gasteiger partial charge in [0.05, 0.1) is 5.02 Å². The molecule has 1 N–H and O–H groups in total. The topological polar surface area (TPSA) is 32.9 Å². The van der Waals surface area contributed by atoms with Crippen molar-refractivity contribution in [2.45, 2.75) is 13.3 Å². The maximum Gasteiger partial charge on any atom is 0.196 e. The largest absolute Gasteiger partial charge is 0.364 e. The van der Waals surface area contributed by atoms with E-state index < -0.39 is 0 Å². The molecule has 0 saturated carbocycles. The Bertz CT molecular complexity index is 560. The van der Waals surface area contributed by atoms with E-state index in [2.05, 4.69) is 4.98 Å². The third kappa shape index (κ3) is 2.54. The SMILES string of the molecule is CCc1cc(C(=O)c2ccc(Cl)cc2Cl)c[nH]1. The van der Waals surface area contributed by atoms with Gasteiger partial charge in [-0.3, -0.25) is 4.79 Å². The molecule has 17 heavy (non-hydrogen) atoms. The molecular weight excluding hydrogens is 257 g/mol. The fraction of sp³-hybridized carbons (Fsp3) is 0.154. The average molecular weight is 268 g/mol. The zero-order chi connectivity index (χ0) is 12.4. The van der Waals surface area contributed by atoms with Crippen LogP contribution in [0.5, 0.6) is 0 Å². The van der Waals surface area contributed by atoms with Gasteiger partial charge in [-0.25, -0.2) is 0 Å². The highest BCUT2D eigenvalue weighted by atomic mass is 35.5. The van der Waals surface area contributed by atoms with E-state index in [9.17, 15) is 4.79 Å². The van der Waals surface area contributed by atoms with E-state index in [4.69, 9.17) is 23.2 Å². The van der Waals surface area contributed by atoms with Crippen LogP contribution in [0.15, 0.2) is 30.5 Å². The smallest absolute Gasteiger partial charge is 0.196 e. The Kier molecular flexibility index (Phi) is 3.55. The second-order valence-electron chi connectivity index (χ2n) is 3.72. The number of ketones is 1. The van der Waals surface area contributed by atoms with Crippen molar-refractivity contribution in [1.29, 1.82) is 0 Å². The number of carbonyl (C=O) groups is 1. The Hall–Kier alpha value is -1.25. The van der Waals surface area contributed by atoms with Crippen LogP contribution in [0.1, 0.15) is 28.5 Å². The van der Waals surface area contributed by atoms with E-state index in [1.54, 1.807) is 24.4 Å². The number of halogens is 2. The quantitative estimate of drug-likeness (QED) is 0.834. The lowest BCUT2D eigenvalue weighted by atomic mass is 10.1. The molecule has 0 radical (unpaired) electrons. The molecule has 4 heteroatoms. The number of hydrogen-bond donors (Lipinski definition) is 1. The maximum atomic E-state index is 12.2. The third-order valence-electron chi connectivity index (χ3n) is 2.56. The lowest BCUT2D eigenvalue weighted by Gasteiger charge is -2.01. The van der Waals surface area contributed by atoms with Gasteiger partial charge in [0, 0.05) is 28.0 Å². The number of carbonyl (C=O) groups excluding carboxylic acids is 1. The summed E-state index contributed by atoms with van der Waals surface area (Å²) in [7, 11) is 0. The fourth-order valence-electron chi connectivity index (χ4n) is 1.61. The lowest BCUT2D eigenvalue weighted by Crippen LogP contribution is -2.00. The van der Waals surface area contributed by atoms with Crippen molar-refractivity contribution < 1.29 is 4.79 Å². The van der Waals surface area contributed by atoms with E-state index >= 15 is 0 Å². The Balaban J connectivity index is 2.36. The second kappa shape index (κ2) is 4.94. The Morgan fingerprint density at radius 3 is 2.65 bits per heavy atom. The van der Waals surface area contributed by atoms with Crippen LogP contribution in [0.25, 0.3) is 0 Å². The van der Waals surface area contributed by atoms with Gasteiger partial charge in [0.1, 0.15) is 0 Å². The minimum atomic E-state index is -0.0948. The van der Waals surface area contributed by atoms with Crippen molar-refractivity contribution >= 4 is 29.0 Å². The number of aryl methyl sites for hydroxylation is 1. The van der Waals surface area contributed by atoms with Gasteiger partial charge in [-0.2, -0.15) is 0 Å². The van der Waals surface area contributed by atoms with E-state index in [0.717, 1.165) is 12.1 Å². The van der Waals surface area contributed by atoms with Crippen molar-refractivity contribution in [3.63, 3.8) is 0 Å². The summed E-state index contributed by atoms with van der Waals surface area (Å²) in [4.78, 5) is 15.2. The predicted molar refractivity (Wildman–Crippen MR) is 70.1 cm³/mol. The number of nitrogens with one attached hydrogen (secondary N) is 1. The maximum absolute atomic E-state index is 12.2. The van der Waals surface area contributed by atoms with E-state index in [0.29, 0.717) is 21.2 Å². The molecule has 0 atom stereocenters. The normalized spacial score (nSPS) is 10.5. The van der Waals surface area contributed by atoms with Crippen molar-refractivity contribution in [3.8, 4) is 0 Å². The van der Waals surface area contributed by atoms with Crippen molar-refractivity contribution in [1.82, 2.24) is 4.98 Å². The van der Waals surface area contributed by atoms with E-state index in [-0.39, 0.29) is 5.78 Å². The molecular formula is C13H11Cl2NO. The summed E-state index contributed by atoms with van der Waals surface area (Å²) in [5, 5.41) is 0.900. The molecule has 0 aliphatic rings. The highest BCUT2D eigenvalue weighted by Gasteiger charge is 2.14. The second-order valence-corrected chi connectivity index (χ2v) is 4.56. The van der Waals surface area contributed by atoms with Crippen molar-refractivity contribution in [3.05, 3.63) is 57.3 Å². The Morgan fingerprint density at radius 1 is 1.29 bits per heavy atom. The summed E-state index contributed by atoms with van der Waals surface area (Å²) < 4.78 is 0. The molecule has 88 valence electrons. The average Bonchev–Trinajstić information content (AvgIpc) is 2.76. The van der Waals surface area contributed by atoms with Gasteiger partial charge in [0.25, 0.3) is 0 Å². The van der Waals surface area contributed by atoms with Crippen LogP contribution < -0.4 is 0 Å². The monoisotopic (exact) mass is 267 g/mol. The van der Waals surface area contributed by atoms with Crippen LogP contribution in [-0.4, -0.2) is 10.8 Å². The standard InChI is InChI=1S/C13H11Cl2NO/c1-2-10-5-8(7-16-10)13(17)11-4-3-9(14)6-12(11)15/h3-7,16H,2H2,1H3. The highest BCUT2D eigenvalue weighted by Crippen LogP contribution is 2.23. The summed E-state index contributed by atoms with van der Waals surface area (Å²) in [6, 6.07) is 6.72. The van der Waals surface area contributed by atoms with Crippen LogP contribution in [0.3, 0.4) is 0 Å². The zero-order valence-corrected chi connectivity index (χ0v) is 10.8. The van der Waals surface area contributed by atoms with E-state index in [1.807, 2.05) is 13.0 Å². The Labute approximate surface area is 110 Å². The van der Waals surface area contributed by atoms with Gasteiger partial charge >= 0.3 is 0 Å². The van der Waals surface area contributed by atoms with Crippen LogP contribution in [0.4, 0.5) is 0 Å². The molecule has 0 amide bonds. The minimum Gasteiger partial charge on any atom is -0.364 e. The molecule has 2 aromatic rings. The van der Waals surface area contributed by atoms with Gasteiger partial charge in [-0.1, -0.05) is 30.1 Å². The molecule has 0 spiro atoms. The molecule has 1 aromatic carbocycles. The van der Waals surface area contributed by atoms with Gasteiger partial charge in [0.15, 0.2) is 5.78 Å². The van der Waals surface area contributed by atoms with Gasteiger partial charge < -0.3 is 4.98 Å². The third-order valence-corrected chi connectivity index (χ3v) is 3.11. The molecule has 1 heterocycles. The zero-order valence-electron chi connectivity index (χ0n) is 9.26. The van der Waals surface area contributed by atoms with Crippen LogP contribution in [0, 0.1) is 0 Å². The molecule has 0 aliphatic heterocycles. The van der Waals surface area contributed by atoms with Crippen molar-refractivity contribution in [2.24, 2.45) is 0 Å². The number of H-pyrrole nitrogens is 1. The fourth-order valence-corrected chi connectivity index (χ4v) is 2.10. The molecule has 2 nitrogen and oxygen atoms in total. The first-order chi connectivity index (χ1) is 8.11. The van der Waals surface area contributed by atoms with E-state index in [1.165, 1.54) is 0 Å². The molecule has 0 bridgehead atoms. The first-order valence-corrected chi connectivity index (χ1v) is 6.04. The van der Waals surface area contributed by atoms with Crippen LogP contribution >= 0.6 is 23.2 Å². The molecule has 0 saturated heterocycles. The summed E-state index contributed by atoms with van der Waals surface area (Å²) in [6.07, 6.45) is 2.56. The number of rotatable bonds is 3. The highest BCUT2D eigenvalue weighted by molar-refractivity contribution is 6.37. The lowest BCUT2D eigenvalue weighted by molar-refractivity contribution is 0.103. The summed E-state index contributed by atoms with van der Waals surface area (Å²) in [6.45, 7) is 2.02. The van der Waals surface area contributed by atoms with Gasteiger partial charge in [-0.05, 0) is 30.7 Å². The molecule has 0 fully saturated rings. The minimum absolute atomic E-state index is 0.0948. The summed E-state index contributed by atoms with van der Waals surface area (Å²) in [5.41, 5.74) is 2.11. The number of aromatic amines is 1. The molecule has 1 aromatic heterocycles. The summed E-state index contributed by atoms with van der Waals surface area (Å²) in [5.74, 6) is -0.0948. The molecule has 0 aliphatic carbocycles. The molecule has 0 unspecified atom stereocenters. The first-order valence-electron chi connectivity index (χ1n) is 5.29. The number of aromatic nitrogens is 1. The summed E-state index contributed by atoms with van der Waals surface area (Å²) >= 11 is 11.8. The van der Waals surface area contributed by atoms with Gasteiger partial charge in [-0.15, -0.1) is 0 Å². The first kappa shape index (κ1) is 12.2. The number of hydrogen-bond acceptors (Lipinski definition) is 1. The van der Waals surface area contributed by atoms with Crippen LogP contribution in [0.2, 0.25) is 10.0 Å².